The largest absolute Gasteiger partial charge is 0.477 e. The molecule has 0 bridgehead atoms. The number of rotatable bonds is 2. The predicted octanol–water partition coefficient (Wildman–Crippen LogP) is 1.66. The summed E-state index contributed by atoms with van der Waals surface area (Å²) < 4.78 is 24.2. The second-order valence-electron chi connectivity index (χ2n) is 2.37. The number of hydrogen-bond donors (Lipinski definition) is 2. The molecule has 0 unspecified atom stereocenters. The first-order chi connectivity index (χ1) is 6.45. The number of alkyl halides is 2. The maximum absolute atomic E-state index is 12.1. The Bertz CT molecular complexity index is 429. The number of hydrogen-bond acceptors (Lipinski definition) is 2. The fourth-order valence-electron chi connectivity index (χ4n) is 0.837. The standard InChI is InChI=1S/C7H4ClF2NO3/c8-3-4(7(13)14)11-1-2(5(3)12)6(9)10/h1,6H,(H,11,12)(H,13,14). The minimum absolute atomic E-state index is 0.596. The van der Waals surface area contributed by atoms with Gasteiger partial charge < -0.3 is 10.1 Å². The number of halogens is 3. The molecule has 0 aromatic carbocycles. The number of pyridine rings is 1. The van der Waals surface area contributed by atoms with E-state index in [-0.39, 0.29) is 0 Å². The lowest BCUT2D eigenvalue weighted by Gasteiger charge is -2.01. The number of carboxylic acids is 1. The van der Waals surface area contributed by atoms with Gasteiger partial charge in [-0.3, -0.25) is 4.79 Å². The molecule has 76 valence electrons. The van der Waals surface area contributed by atoms with Gasteiger partial charge in [-0.05, 0) is 0 Å². The molecule has 0 aliphatic heterocycles. The quantitative estimate of drug-likeness (QED) is 0.801. The molecule has 0 radical (unpaired) electrons. The van der Waals surface area contributed by atoms with E-state index in [2.05, 4.69) is 0 Å². The number of aromatic nitrogens is 1. The molecule has 1 aromatic heterocycles. The third-order valence-corrected chi connectivity index (χ3v) is 1.86. The zero-order valence-electron chi connectivity index (χ0n) is 6.55. The molecular formula is C7H4ClF2NO3. The van der Waals surface area contributed by atoms with Crippen molar-refractivity contribution >= 4 is 17.6 Å². The molecule has 1 rings (SSSR count). The molecule has 0 spiro atoms. The summed E-state index contributed by atoms with van der Waals surface area (Å²) in [5, 5.41) is 7.74. The number of aromatic amines is 1. The van der Waals surface area contributed by atoms with Crippen LogP contribution < -0.4 is 5.43 Å². The molecule has 1 aromatic rings. The molecule has 0 fully saturated rings. The van der Waals surface area contributed by atoms with Crippen molar-refractivity contribution < 1.29 is 18.7 Å². The molecule has 4 nitrogen and oxygen atoms in total. The molecule has 0 aliphatic rings. The van der Waals surface area contributed by atoms with Gasteiger partial charge in [0.1, 0.15) is 10.7 Å². The van der Waals surface area contributed by atoms with Crippen molar-refractivity contribution in [3.05, 3.63) is 32.7 Å². The van der Waals surface area contributed by atoms with Gasteiger partial charge in [0.15, 0.2) is 0 Å². The molecule has 1 heterocycles. The van der Waals surface area contributed by atoms with Gasteiger partial charge in [-0.2, -0.15) is 0 Å². The van der Waals surface area contributed by atoms with E-state index in [0.717, 1.165) is 0 Å². The SMILES string of the molecule is O=C(O)c1[nH]cc(C(F)F)c(=O)c1Cl. The minimum Gasteiger partial charge on any atom is -0.477 e. The first kappa shape index (κ1) is 10.6. The van der Waals surface area contributed by atoms with E-state index in [4.69, 9.17) is 16.7 Å². The second-order valence-corrected chi connectivity index (χ2v) is 2.75. The third-order valence-electron chi connectivity index (χ3n) is 1.50. The van der Waals surface area contributed by atoms with Gasteiger partial charge in [0, 0.05) is 6.20 Å². The number of aromatic carboxylic acids is 1. The number of carboxylic acid groups (broad SMARTS) is 1. The fourth-order valence-corrected chi connectivity index (χ4v) is 1.08. The van der Waals surface area contributed by atoms with Crippen LogP contribution in [0.4, 0.5) is 8.78 Å². The van der Waals surface area contributed by atoms with Crippen molar-refractivity contribution in [2.45, 2.75) is 6.43 Å². The number of carbonyl (C=O) groups is 1. The van der Waals surface area contributed by atoms with Crippen molar-refractivity contribution in [3.8, 4) is 0 Å². The fraction of sp³-hybridized carbons (Fsp3) is 0.143. The molecule has 7 heteroatoms. The van der Waals surface area contributed by atoms with Gasteiger partial charge in [-0.1, -0.05) is 11.6 Å². The summed E-state index contributed by atoms with van der Waals surface area (Å²) in [4.78, 5) is 23.5. The van der Waals surface area contributed by atoms with Crippen LogP contribution in [-0.2, 0) is 0 Å². The van der Waals surface area contributed by atoms with Crippen LogP contribution in [0.15, 0.2) is 11.0 Å². The van der Waals surface area contributed by atoms with E-state index >= 15 is 0 Å². The van der Waals surface area contributed by atoms with Gasteiger partial charge >= 0.3 is 5.97 Å². The van der Waals surface area contributed by atoms with Crippen LogP contribution in [0, 0.1) is 0 Å². The normalized spacial score (nSPS) is 10.6. The molecule has 0 amide bonds. The van der Waals surface area contributed by atoms with E-state index in [1.165, 1.54) is 0 Å². The monoisotopic (exact) mass is 223 g/mol. The molecule has 0 atom stereocenters. The van der Waals surface area contributed by atoms with Crippen LogP contribution >= 0.6 is 11.6 Å². The zero-order valence-corrected chi connectivity index (χ0v) is 7.31. The van der Waals surface area contributed by atoms with Crippen LogP contribution in [-0.4, -0.2) is 16.1 Å². The lowest BCUT2D eigenvalue weighted by Crippen LogP contribution is -2.16. The molecule has 0 aliphatic carbocycles. The smallest absolute Gasteiger partial charge is 0.354 e. The molecule has 0 saturated carbocycles. The van der Waals surface area contributed by atoms with E-state index in [1.54, 1.807) is 0 Å². The van der Waals surface area contributed by atoms with E-state index in [1.807, 2.05) is 4.98 Å². The van der Waals surface area contributed by atoms with Gasteiger partial charge in [-0.25, -0.2) is 13.6 Å². The Balaban J connectivity index is 3.42. The highest BCUT2D eigenvalue weighted by Crippen LogP contribution is 2.17. The Morgan fingerprint density at radius 2 is 2.14 bits per heavy atom. The number of H-pyrrole nitrogens is 1. The van der Waals surface area contributed by atoms with Crippen LogP contribution in [0.2, 0.25) is 5.02 Å². The highest BCUT2D eigenvalue weighted by molar-refractivity contribution is 6.33. The highest BCUT2D eigenvalue weighted by Gasteiger charge is 2.19. The van der Waals surface area contributed by atoms with Gasteiger partial charge in [0.25, 0.3) is 6.43 Å². The van der Waals surface area contributed by atoms with Crippen LogP contribution in [0.5, 0.6) is 0 Å². The minimum atomic E-state index is -2.99. The molecule has 14 heavy (non-hydrogen) atoms. The van der Waals surface area contributed by atoms with E-state index in [9.17, 15) is 18.4 Å². The Hall–Kier alpha value is -1.43. The highest BCUT2D eigenvalue weighted by atomic mass is 35.5. The van der Waals surface area contributed by atoms with Gasteiger partial charge in [-0.15, -0.1) is 0 Å². The van der Waals surface area contributed by atoms with E-state index < -0.39 is 34.1 Å². The van der Waals surface area contributed by atoms with Gasteiger partial charge in [0.2, 0.25) is 5.43 Å². The first-order valence-corrected chi connectivity index (χ1v) is 3.75. The van der Waals surface area contributed by atoms with E-state index in [0.29, 0.717) is 6.20 Å². The summed E-state index contributed by atoms with van der Waals surface area (Å²) in [6.45, 7) is 0. The average molecular weight is 224 g/mol. The van der Waals surface area contributed by atoms with Crippen molar-refractivity contribution in [3.63, 3.8) is 0 Å². The van der Waals surface area contributed by atoms with Crippen molar-refractivity contribution in [1.82, 2.24) is 4.98 Å². The summed E-state index contributed by atoms with van der Waals surface area (Å²) in [6, 6.07) is 0. The maximum Gasteiger partial charge on any atom is 0.354 e. The predicted molar refractivity (Wildman–Crippen MR) is 44.0 cm³/mol. The Morgan fingerprint density at radius 1 is 1.57 bits per heavy atom. The van der Waals surface area contributed by atoms with Crippen molar-refractivity contribution in [1.29, 1.82) is 0 Å². The summed E-state index contributed by atoms with van der Waals surface area (Å²) in [7, 11) is 0. The Kier molecular flexibility index (Phi) is 2.85. The molecule has 0 saturated heterocycles. The van der Waals surface area contributed by atoms with Gasteiger partial charge in [0.05, 0.1) is 5.56 Å². The lowest BCUT2D eigenvalue weighted by molar-refractivity contribution is 0.0689. The van der Waals surface area contributed by atoms with Crippen LogP contribution in [0.25, 0.3) is 0 Å². The average Bonchev–Trinajstić information content (AvgIpc) is 2.08. The van der Waals surface area contributed by atoms with Crippen LogP contribution in [0.3, 0.4) is 0 Å². The summed E-state index contributed by atoms with van der Waals surface area (Å²) in [5.74, 6) is -1.48. The second kappa shape index (κ2) is 3.75. The van der Waals surface area contributed by atoms with Crippen molar-refractivity contribution in [2.75, 3.05) is 0 Å². The summed E-state index contributed by atoms with van der Waals surface area (Å²) >= 11 is 5.28. The Morgan fingerprint density at radius 3 is 2.57 bits per heavy atom. The molecule has 2 N–H and O–H groups in total. The van der Waals surface area contributed by atoms with Crippen molar-refractivity contribution in [2.24, 2.45) is 0 Å². The third kappa shape index (κ3) is 1.74. The zero-order chi connectivity index (χ0) is 10.9. The molecular weight excluding hydrogens is 220 g/mol. The topological polar surface area (TPSA) is 70.2 Å². The Labute approximate surface area is 81.1 Å². The lowest BCUT2D eigenvalue weighted by atomic mass is 10.2. The summed E-state index contributed by atoms with van der Waals surface area (Å²) in [5.41, 5.74) is -2.61. The number of nitrogens with one attached hydrogen (secondary N) is 1. The summed E-state index contributed by atoms with van der Waals surface area (Å²) in [6.07, 6.45) is -2.35. The van der Waals surface area contributed by atoms with Crippen LogP contribution in [0.1, 0.15) is 22.5 Å². The maximum atomic E-state index is 12.1. The first-order valence-electron chi connectivity index (χ1n) is 3.37.